The van der Waals surface area contributed by atoms with Crippen molar-refractivity contribution >= 4 is 27.5 Å². The minimum atomic E-state index is -1.21. The van der Waals surface area contributed by atoms with E-state index in [0.717, 1.165) is 23.3 Å². The zero-order valence-electron chi connectivity index (χ0n) is 9.53. The van der Waals surface area contributed by atoms with Crippen LogP contribution in [-0.4, -0.2) is 21.0 Å². The Morgan fingerprint density at radius 2 is 2.12 bits per heavy atom. The van der Waals surface area contributed by atoms with Crippen LogP contribution in [0.25, 0.3) is 10.2 Å². The number of aromatic nitrogens is 2. The summed E-state index contributed by atoms with van der Waals surface area (Å²) in [6.45, 7) is 3.99. The van der Waals surface area contributed by atoms with Gasteiger partial charge in [0.1, 0.15) is 4.83 Å². The third-order valence-electron chi connectivity index (χ3n) is 2.62. The molecule has 0 aromatic carbocycles. The number of nitrogens with one attached hydrogen (secondary N) is 1. The lowest BCUT2D eigenvalue weighted by atomic mass is 10.1. The van der Waals surface area contributed by atoms with E-state index in [9.17, 15) is 9.59 Å². The topological polar surface area (TPSA) is 83.0 Å². The van der Waals surface area contributed by atoms with Crippen molar-refractivity contribution in [1.82, 2.24) is 9.97 Å². The number of aryl methyl sites for hydroxylation is 2. The SMILES string of the molecule is CCc1sc2nc(C(=O)O)[nH]c(=O)c2c1CC. The molecule has 0 atom stereocenters. The maximum absolute atomic E-state index is 11.9. The van der Waals surface area contributed by atoms with Crippen molar-refractivity contribution < 1.29 is 9.90 Å². The lowest BCUT2D eigenvalue weighted by Gasteiger charge is -1.97. The number of aromatic amines is 1. The van der Waals surface area contributed by atoms with Crippen molar-refractivity contribution in [2.75, 3.05) is 0 Å². The van der Waals surface area contributed by atoms with Gasteiger partial charge in [0.15, 0.2) is 0 Å². The third kappa shape index (κ3) is 1.84. The number of hydrogen-bond acceptors (Lipinski definition) is 4. The molecule has 2 aromatic heterocycles. The summed E-state index contributed by atoms with van der Waals surface area (Å²) in [4.78, 5) is 30.6. The van der Waals surface area contributed by atoms with Gasteiger partial charge in [-0.05, 0) is 18.4 Å². The van der Waals surface area contributed by atoms with E-state index in [1.165, 1.54) is 11.3 Å². The summed E-state index contributed by atoms with van der Waals surface area (Å²) in [6, 6.07) is 0. The molecule has 2 heterocycles. The van der Waals surface area contributed by atoms with Gasteiger partial charge in [-0.1, -0.05) is 13.8 Å². The van der Waals surface area contributed by atoms with Crippen LogP contribution in [0.5, 0.6) is 0 Å². The highest BCUT2D eigenvalue weighted by atomic mass is 32.1. The summed E-state index contributed by atoms with van der Waals surface area (Å²) >= 11 is 1.40. The monoisotopic (exact) mass is 252 g/mol. The first kappa shape index (κ1) is 11.8. The van der Waals surface area contributed by atoms with Crippen molar-refractivity contribution in [2.24, 2.45) is 0 Å². The fraction of sp³-hybridized carbons (Fsp3) is 0.364. The summed E-state index contributed by atoms with van der Waals surface area (Å²) in [6.07, 6.45) is 1.58. The summed E-state index contributed by atoms with van der Waals surface area (Å²) < 4.78 is 0. The van der Waals surface area contributed by atoms with E-state index in [2.05, 4.69) is 9.97 Å². The largest absolute Gasteiger partial charge is 0.475 e. The molecule has 0 aliphatic heterocycles. The number of hydrogen-bond donors (Lipinski definition) is 2. The minimum absolute atomic E-state index is 0.297. The fourth-order valence-electron chi connectivity index (χ4n) is 1.87. The molecule has 0 aliphatic rings. The average molecular weight is 252 g/mol. The zero-order valence-corrected chi connectivity index (χ0v) is 10.3. The van der Waals surface area contributed by atoms with Crippen LogP contribution in [0.4, 0.5) is 0 Å². The highest BCUT2D eigenvalue weighted by Gasteiger charge is 2.16. The molecule has 90 valence electrons. The maximum atomic E-state index is 11.9. The molecule has 0 radical (unpaired) electrons. The van der Waals surface area contributed by atoms with Gasteiger partial charge in [0.05, 0.1) is 5.39 Å². The first-order valence-corrected chi connectivity index (χ1v) is 6.18. The lowest BCUT2D eigenvalue weighted by molar-refractivity contribution is 0.0683. The number of rotatable bonds is 3. The molecule has 0 unspecified atom stereocenters. The van der Waals surface area contributed by atoms with Gasteiger partial charge < -0.3 is 10.1 Å². The van der Waals surface area contributed by atoms with Gasteiger partial charge in [0.2, 0.25) is 5.82 Å². The van der Waals surface area contributed by atoms with Gasteiger partial charge in [-0.25, -0.2) is 9.78 Å². The molecule has 17 heavy (non-hydrogen) atoms. The van der Waals surface area contributed by atoms with Crippen LogP contribution >= 0.6 is 11.3 Å². The van der Waals surface area contributed by atoms with Crippen LogP contribution < -0.4 is 5.56 Å². The van der Waals surface area contributed by atoms with Gasteiger partial charge in [-0.2, -0.15) is 0 Å². The second kappa shape index (κ2) is 4.29. The average Bonchev–Trinajstić information content (AvgIpc) is 2.66. The Balaban J connectivity index is 2.84. The molecule has 0 amide bonds. The Labute approximate surface area is 101 Å². The summed E-state index contributed by atoms with van der Waals surface area (Å²) in [5.74, 6) is -1.51. The predicted octanol–water partition coefficient (Wildman–Crippen LogP) is 1.81. The van der Waals surface area contributed by atoms with Crippen LogP contribution in [0.15, 0.2) is 4.79 Å². The Kier molecular flexibility index (Phi) is 2.97. The van der Waals surface area contributed by atoms with Gasteiger partial charge in [-0.3, -0.25) is 4.79 Å². The van der Waals surface area contributed by atoms with E-state index in [-0.39, 0.29) is 11.4 Å². The molecule has 0 fully saturated rings. The van der Waals surface area contributed by atoms with Crippen molar-refractivity contribution in [3.63, 3.8) is 0 Å². The molecule has 0 saturated carbocycles. The zero-order chi connectivity index (χ0) is 12.6. The molecule has 6 heteroatoms. The highest BCUT2D eigenvalue weighted by Crippen LogP contribution is 2.28. The van der Waals surface area contributed by atoms with Crippen LogP contribution in [0.2, 0.25) is 0 Å². The second-order valence-electron chi connectivity index (χ2n) is 3.61. The predicted molar refractivity (Wildman–Crippen MR) is 66.0 cm³/mol. The number of carbonyl (C=O) groups is 1. The number of carboxylic acids is 1. The van der Waals surface area contributed by atoms with Crippen molar-refractivity contribution in [3.05, 3.63) is 26.6 Å². The molecule has 0 saturated heterocycles. The minimum Gasteiger partial charge on any atom is -0.475 e. The number of nitrogens with zero attached hydrogens (tertiary/aromatic N) is 1. The van der Waals surface area contributed by atoms with Crippen LogP contribution in [0, 0.1) is 0 Å². The van der Waals surface area contributed by atoms with Gasteiger partial charge in [0.25, 0.3) is 5.56 Å². The Bertz CT molecular complexity index is 642. The summed E-state index contributed by atoms with van der Waals surface area (Å²) in [5.41, 5.74) is 0.624. The van der Waals surface area contributed by atoms with Crippen molar-refractivity contribution in [3.8, 4) is 0 Å². The van der Waals surface area contributed by atoms with E-state index in [1.807, 2.05) is 13.8 Å². The molecule has 0 bridgehead atoms. The van der Waals surface area contributed by atoms with Gasteiger partial charge >= 0.3 is 5.97 Å². The number of thiophene rings is 1. The quantitative estimate of drug-likeness (QED) is 0.872. The standard InChI is InChI=1S/C11H12N2O3S/c1-3-5-6(4-2)17-10-7(5)9(14)12-8(13-10)11(15)16/h3-4H2,1-2H3,(H,15,16)(H,12,13,14). The number of H-pyrrole nitrogens is 1. The van der Waals surface area contributed by atoms with Crippen LogP contribution in [0.3, 0.4) is 0 Å². The summed E-state index contributed by atoms with van der Waals surface area (Å²) in [5, 5.41) is 9.37. The summed E-state index contributed by atoms with van der Waals surface area (Å²) in [7, 11) is 0. The molecule has 2 aromatic rings. The highest BCUT2D eigenvalue weighted by molar-refractivity contribution is 7.18. The Hall–Kier alpha value is -1.69. The first-order chi connectivity index (χ1) is 8.08. The van der Waals surface area contributed by atoms with Gasteiger partial charge in [0, 0.05) is 4.88 Å². The first-order valence-electron chi connectivity index (χ1n) is 5.36. The number of carboxylic acid groups (broad SMARTS) is 1. The van der Waals surface area contributed by atoms with E-state index in [1.54, 1.807) is 0 Å². The van der Waals surface area contributed by atoms with Crippen LogP contribution in [0.1, 0.15) is 34.9 Å². The molecule has 0 spiro atoms. The smallest absolute Gasteiger partial charge is 0.372 e. The molecule has 2 rings (SSSR count). The lowest BCUT2D eigenvalue weighted by Crippen LogP contribution is -2.15. The second-order valence-corrected chi connectivity index (χ2v) is 4.69. The Morgan fingerprint density at radius 1 is 1.41 bits per heavy atom. The fourth-order valence-corrected chi connectivity index (χ4v) is 3.07. The third-order valence-corrected chi connectivity index (χ3v) is 3.89. The van der Waals surface area contributed by atoms with E-state index in [0.29, 0.717) is 10.2 Å². The molecular weight excluding hydrogens is 240 g/mol. The van der Waals surface area contributed by atoms with E-state index < -0.39 is 5.97 Å². The molecule has 5 nitrogen and oxygen atoms in total. The van der Waals surface area contributed by atoms with E-state index >= 15 is 0 Å². The van der Waals surface area contributed by atoms with Crippen LogP contribution in [-0.2, 0) is 12.8 Å². The van der Waals surface area contributed by atoms with Crippen molar-refractivity contribution in [2.45, 2.75) is 26.7 Å². The maximum Gasteiger partial charge on any atom is 0.372 e. The van der Waals surface area contributed by atoms with Gasteiger partial charge in [-0.15, -0.1) is 11.3 Å². The number of aromatic carboxylic acids is 1. The molecule has 2 N–H and O–H groups in total. The number of fused-ring (bicyclic) bond motifs is 1. The van der Waals surface area contributed by atoms with E-state index in [4.69, 9.17) is 5.11 Å². The molecular formula is C11H12N2O3S. The Morgan fingerprint density at radius 3 is 2.65 bits per heavy atom. The van der Waals surface area contributed by atoms with Crippen molar-refractivity contribution in [1.29, 1.82) is 0 Å². The molecule has 0 aliphatic carbocycles. The normalized spacial score (nSPS) is 10.9.